The summed E-state index contributed by atoms with van der Waals surface area (Å²) in [6.45, 7) is 10.2. The quantitative estimate of drug-likeness (QED) is 0.160. The fourth-order valence-corrected chi connectivity index (χ4v) is 19.6. The molecule has 0 saturated carbocycles. The number of fused-ring (bicyclic) bond motifs is 12. The van der Waals surface area contributed by atoms with Gasteiger partial charge in [0.25, 0.3) is 20.1 Å². The second-order valence-electron chi connectivity index (χ2n) is 27.2. The zero-order valence-corrected chi connectivity index (χ0v) is 50.2. The van der Waals surface area contributed by atoms with Crippen molar-refractivity contribution in [1.82, 2.24) is 0 Å². The lowest BCUT2D eigenvalue weighted by atomic mass is 9.33. The molecule has 0 radical (unpaired) electrons. The summed E-state index contributed by atoms with van der Waals surface area (Å²) in [4.78, 5) is 15.7. The fourth-order valence-electron chi connectivity index (χ4n) is 19.6. The van der Waals surface area contributed by atoms with Crippen LogP contribution in [0.15, 0.2) is 224 Å². The van der Waals surface area contributed by atoms with Crippen LogP contribution in [0.2, 0.25) is 0 Å². The smallest absolute Gasteiger partial charge is 0.252 e. The van der Waals surface area contributed by atoms with Crippen LogP contribution in [-0.2, 0) is 25.7 Å². The van der Waals surface area contributed by atoms with E-state index < -0.39 is 0 Å². The molecule has 0 aromatic heterocycles. The second kappa shape index (κ2) is 18.0. The van der Waals surface area contributed by atoms with Gasteiger partial charge >= 0.3 is 0 Å². The molecule has 11 aromatic rings. The number of rotatable bonds is 2. The molecule has 0 fully saturated rings. The molecule has 4 atom stereocenters. The SMILES string of the molecule is CC1CN2c3cccc4c3B(c3cccc1c32)c1cccc2c1N4CC2C.c1cc2c3c(c1)B1c4cccc5c4N(CC5)c4cccc(c41)N3CC2.c1ccc(C2Cc3cccc4c3N2c2cccc3c2B4c2cccc4c2N3C(c2ccccc2)C4)cc1. The highest BCUT2D eigenvalue weighted by Crippen LogP contribution is 2.53. The third kappa shape index (κ3) is 6.45. The Morgan fingerprint density at radius 3 is 1.03 bits per heavy atom. The average molecular weight is 1140 g/mol. The summed E-state index contributed by atoms with van der Waals surface area (Å²) in [6, 6.07) is 85.6. The lowest BCUT2D eigenvalue weighted by Gasteiger charge is -2.44. The number of hydrogen-bond donors (Lipinski definition) is 0. The first-order valence-corrected chi connectivity index (χ1v) is 32.9. The molecule has 11 aromatic carbocycles. The molecule has 0 saturated heterocycles. The Hall–Kier alpha value is -9.59. The standard InChI is InChI=1S/C34H25BN2.C24H21BN2.C22H17BN2/c1-3-10-22(11-4-1)30-20-24-14-7-16-26-33(24)36(30)28-18-9-19-29-32(28)35(26)27-17-8-15-25-21-31(37(29)34(25)27)23-12-5-2-6-13-23;1-14-12-26-20-10-5-11-21-22(20)25(18-8-3-6-16(14)23(18)26)19-9-4-7-17-15(2)13-27(21)24(17)19;1-4-14-10-12-24-18-8-3-9-19-20(18)23(16(6-1)21(14)24)17-7-2-5-15-11-13-25(19)22(15)17/h1-19,30-31H,20-21H2;3-11,14-15H,12-13H2,1-2H3;1-9H,10-13H2. The van der Waals surface area contributed by atoms with Crippen molar-refractivity contribution in [2.24, 2.45) is 0 Å². The van der Waals surface area contributed by atoms with E-state index in [1.165, 1.54) is 162 Å². The lowest BCUT2D eigenvalue weighted by molar-refractivity contribution is 0.738. The third-order valence-corrected chi connectivity index (χ3v) is 23.0. The highest BCUT2D eigenvalue weighted by Gasteiger charge is 2.52. The van der Waals surface area contributed by atoms with Gasteiger partial charge in [-0.05, 0) is 156 Å². The van der Waals surface area contributed by atoms with Gasteiger partial charge in [-0.25, -0.2) is 0 Å². The molecule has 12 aliphatic rings. The van der Waals surface area contributed by atoms with Crippen molar-refractivity contribution in [2.75, 3.05) is 55.6 Å². The van der Waals surface area contributed by atoms with Crippen molar-refractivity contribution in [3.8, 4) is 0 Å². The Morgan fingerprint density at radius 1 is 0.292 bits per heavy atom. The zero-order valence-electron chi connectivity index (χ0n) is 50.2. The Balaban J connectivity index is 0.0000000932. The molecule has 12 aliphatic heterocycles. The normalized spacial score (nSPS) is 19.9. The highest BCUT2D eigenvalue weighted by molar-refractivity contribution is 7.02. The van der Waals surface area contributed by atoms with Crippen molar-refractivity contribution in [1.29, 1.82) is 0 Å². The maximum Gasteiger partial charge on any atom is 0.252 e. The molecule has 9 heteroatoms. The van der Waals surface area contributed by atoms with E-state index in [4.69, 9.17) is 0 Å². The van der Waals surface area contributed by atoms with E-state index in [1.807, 2.05) is 0 Å². The largest absolute Gasteiger partial charge is 0.342 e. The molecule has 89 heavy (non-hydrogen) atoms. The van der Waals surface area contributed by atoms with Gasteiger partial charge in [0.15, 0.2) is 0 Å². The van der Waals surface area contributed by atoms with Crippen LogP contribution in [0.25, 0.3) is 0 Å². The van der Waals surface area contributed by atoms with E-state index in [2.05, 4.69) is 268 Å². The Labute approximate surface area is 522 Å². The van der Waals surface area contributed by atoms with Gasteiger partial charge in [0.2, 0.25) is 0 Å². The molecule has 12 heterocycles. The summed E-state index contributed by atoms with van der Waals surface area (Å²) >= 11 is 0. The molecule has 6 nitrogen and oxygen atoms in total. The van der Waals surface area contributed by atoms with Gasteiger partial charge in [-0.15, -0.1) is 0 Å². The fraction of sp³-hybridized carbons (Fsp3) is 0.175. The number of nitrogens with zero attached hydrogens (tertiary/aromatic N) is 6. The van der Waals surface area contributed by atoms with E-state index in [0.29, 0.717) is 37.3 Å². The lowest BCUT2D eigenvalue weighted by Crippen LogP contribution is -2.61. The molecule has 0 bridgehead atoms. The van der Waals surface area contributed by atoms with Crippen LogP contribution >= 0.6 is 0 Å². The van der Waals surface area contributed by atoms with Crippen LogP contribution in [0.1, 0.15) is 82.3 Å². The number of para-hydroxylation sites is 6. The minimum atomic E-state index is 0.271. The van der Waals surface area contributed by atoms with Crippen LogP contribution in [0, 0.1) is 0 Å². The third-order valence-electron chi connectivity index (χ3n) is 23.0. The maximum absolute atomic E-state index is 2.66. The Morgan fingerprint density at radius 2 is 0.618 bits per heavy atom. The molecular formula is C80H63B3N6. The number of anilines is 12. The molecule has 4 unspecified atom stereocenters. The van der Waals surface area contributed by atoms with Gasteiger partial charge < -0.3 is 29.4 Å². The summed E-state index contributed by atoms with van der Waals surface area (Å²) in [7, 11) is 0. The van der Waals surface area contributed by atoms with Crippen LogP contribution in [-0.4, -0.2) is 46.3 Å². The minimum absolute atomic E-state index is 0.271. The van der Waals surface area contributed by atoms with Crippen molar-refractivity contribution >= 4 is 138 Å². The van der Waals surface area contributed by atoms with Gasteiger partial charge in [-0.1, -0.05) is 202 Å². The predicted octanol–water partition coefficient (Wildman–Crippen LogP) is 11.3. The van der Waals surface area contributed by atoms with Crippen molar-refractivity contribution in [3.05, 3.63) is 269 Å². The molecule has 23 rings (SSSR count). The summed E-state index contributed by atoms with van der Waals surface area (Å²) in [5.41, 5.74) is 42.6. The van der Waals surface area contributed by atoms with Crippen LogP contribution in [0.4, 0.5) is 68.2 Å². The van der Waals surface area contributed by atoms with Gasteiger partial charge in [0.1, 0.15) is 0 Å². The van der Waals surface area contributed by atoms with Gasteiger partial charge in [0, 0.05) is 106 Å². The maximum atomic E-state index is 2.66. The van der Waals surface area contributed by atoms with Gasteiger partial charge in [-0.2, -0.15) is 0 Å². The van der Waals surface area contributed by atoms with Crippen LogP contribution < -0.4 is 78.6 Å². The first-order valence-electron chi connectivity index (χ1n) is 32.9. The second-order valence-corrected chi connectivity index (χ2v) is 27.2. The van der Waals surface area contributed by atoms with E-state index in [0.717, 1.165) is 51.9 Å². The summed E-state index contributed by atoms with van der Waals surface area (Å²) in [5, 5.41) is 0. The molecule has 0 aliphatic carbocycles. The molecular weight excluding hydrogens is 1080 g/mol. The summed E-state index contributed by atoms with van der Waals surface area (Å²) in [6.07, 6.45) is 4.42. The van der Waals surface area contributed by atoms with Crippen molar-refractivity contribution in [2.45, 2.75) is 63.5 Å². The monoisotopic (exact) mass is 1140 g/mol. The predicted molar refractivity (Wildman–Crippen MR) is 374 cm³/mol. The van der Waals surface area contributed by atoms with E-state index in [1.54, 1.807) is 0 Å². The first kappa shape index (κ1) is 49.4. The Bertz CT molecular complexity index is 4620. The van der Waals surface area contributed by atoms with Crippen LogP contribution in [0.5, 0.6) is 0 Å². The molecule has 0 amide bonds. The van der Waals surface area contributed by atoms with Crippen molar-refractivity contribution < 1.29 is 0 Å². The highest BCUT2D eigenvalue weighted by atomic mass is 15.2. The zero-order chi connectivity index (χ0) is 58.1. The molecule has 0 N–H and O–H groups in total. The van der Waals surface area contributed by atoms with E-state index in [9.17, 15) is 0 Å². The number of benzene rings is 11. The Kier molecular flexibility index (Phi) is 10.0. The summed E-state index contributed by atoms with van der Waals surface area (Å²) in [5.74, 6) is 1.18. The van der Waals surface area contributed by atoms with Gasteiger partial charge in [0.05, 0.1) is 12.1 Å². The minimum Gasteiger partial charge on any atom is -0.342 e. The van der Waals surface area contributed by atoms with Crippen molar-refractivity contribution in [3.63, 3.8) is 0 Å². The van der Waals surface area contributed by atoms with Gasteiger partial charge in [-0.3, -0.25) is 0 Å². The topological polar surface area (TPSA) is 19.4 Å². The average Bonchev–Trinajstić information content (AvgIpc) is 1.69. The summed E-state index contributed by atoms with van der Waals surface area (Å²) < 4.78 is 0. The number of hydrogen-bond acceptors (Lipinski definition) is 6. The molecule has 422 valence electrons. The molecule has 0 spiro atoms. The van der Waals surface area contributed by atoms with E-state index >= 15 is 0 Å². The van der Waals surface area contributed by atoms with E-state index in [-0.39, 0.29) is 6.71 Å². The van der Waals surface area contributed by atoms with Crippen LogP contribution in [0.3, 0.4) is 0 Å². The first-order chi connectivity index (χ1) is 44.0.